The van der Waals surface area contributed by atoms with E-state index in [9.17, 15) is 9.59 Å². The highest BCUT2D eigenvalue weighted by atomic mass is 16.6. The van der Waals surface area contributed by atoms with E-state index < -0.39 is 0 Å². The second-order valence-electron chi connectivity index (χ2n) is 11.2. The summed E-state index contributed by atoms with van der Waals surface area (Å²) in [5, 5.41) is 0. The molecule has 0 aromatic rings. The Bertz CT molecular complexity index is 847. The molecule has 5 rings (SSSR count). The van der Waals surface area contributed by atoms with Crippen molar-refractivity contribution in [2.24, 2.45) is 28.6 Å². The molecular formula is C26H36O5. The van der Waals surface area contributed by atoms with Crippen molar-refractivity contribution in [3.63, 3.8) is 0 Å². The van der Waals surface area contributed by atoms with Gasteiger partial charge in [-0.3, -0.25) is 9.59 Å². The van der Waals surface area contributed by atoms with Gasteiger partial charge in [0.25, 0.3) is 6.47 Å². The van der Waals surface area contributed by atoms with Gasteiger partial charge in [0.1, 0.15) is 17.8 Å². The van der Waals surface area contributed by atoms with Crippen molar-refractivity contribution < 1.29 is 23.8 Å². The molecule has 4 aliphatic carbocycles. The SMILES string of the molecule is C=C(C(C)OC=O)[C@@]12O[C@@H]1CC1C3CC=C4C[C@@H](OC(C)=O)CC[C@]4(C)C3CC[C@@]12C. The van der Waals surface area contributed by atoms with E-state index in [-0.39, 0.29) is 40.7 Å². The lowest BCUT2D eigenvalue weighted by molar-refractivity contribution is -0.148. The molecule has 1 aliphatic heterocycles. The predicted molar refractivity (Wildman–Crippen MR) is 116 cm³/mol. The minimum absolute atomic E-state index is 0.0423. The molecule has 0 aromatic heterocycles. The Kier molecular flexibility index (Phi) is 4.75. The Morgan fingerprint density at radius 2 is 2.06 bits per heavy atom. The fourth-order valence-corrected chi connectivity index (χ4v) is 8.43. The molecule has 0 spiro atoms. The Morgan fingerprint density at radius 1 is 1.29 bits per heavy atom. The molecule has 0 bridgehead atoms. The van der Waals surface area contributed by atoms with Gasteiger partial charge in [-0.25, -0.2) is 0 Å². The normalized spacial score (nSPS) is 48.1. The van der Waals surface area contributed by atoms with Crippen molar-refractivity contribution >= 4 is 12.4 Å². The zero-order chi connectivity index (χ0) is 22.2. The largest absolute Gasteiger partial charge is 0.462 e. The number of carbonyl (C=O) groups is 2. The third-order valence-electron chi connectivity index (χ3n) is 10.0. The quantitative estimate of drug-likeness (QED) is 0.274. The molecule has 9 atom stereocenters. The number of carbonyl (C=O) groups excluding carboxylic acids is 2. The maximum Gasteiger partial charge on any atom is 0.302 e. The van der Waals surface area contributed by atoms with Crippen LogP contribution in [0.4, 0.5) is 0 Å². The van der Waals surface area contributed by atoms with E-state index in [1.807, 2.05) is 6.92 Å². The molecule has 1 saturated heterocycles. The van der Waals surface area contributed by atoms with Crippen LogP contribution in [-0.4, -0.2) is 36.4 Å². The van der Waals surface area contributed by atoms with Gasteiger partial charge in [0, 0.05) is 18.8 Å². The summed E-state index contributed by atoms with van der Waals surface area (Å²) in [5.74, 6) is 1.77. The smallest absolute Gasteiger partial charge is 0.302 e. The second-order valence-corrected chi connectivity index (χ2v) is 11.2. The molecule has 5 nitrogen and oxygen atoms in total. The number of esters is 1. The number of rotatable bonds is 5. The maximum atomic E-state index is 11.5. The van der Waals surface area contributed by atoms with Crippen LogP contribution in [-0.2, 0) is 23.8 Å². The first-order valence-electron chi connectivity index (χ1n) is 12.0. The zero-order valence-corrected chi connectivity index (χ0v) is 19.3. The van der Waals surface area contributed by atoms with Gasteiger partial charge in [-0.05, 0) is 74.2 Å². The van der Waals surface area contributed by atoms with Gasteiger partial charge >= 0.3 is 5.97 Å². The van der Waals surface area contributed by atoms with Crippen LogP contribution in [0.3, 0.4) is 0 Å². The first-order valence-corrected chi connectivity index (χ1v) is 12.0. The summed E-state index contributed by atoms with van der Waals surface area (Å²) in [6.45, 7) is 13.2. The predicted octanol–water partition coefficient (Wildman–Crippen LogP) is 4.75. The van der Waals surface area contributed by atoms with Crippen LogP contribution < -0.4 is 0 Å². The summed E-state index contributed by atoms with van der Waals surface area (Å²) in [6, 6.07) is 0. The molecule has 5 aliphatic rings. The van der Waals surface area contributed by atoms with Crippen molar-refractivity contribution in [1.29, 1.82) is 0 Å². The first-order chi connectivity index (χ1) is 14.7. The summed E-state index contributed by atoms with van der Waals surface area (Å²) in [4.78, 5) is 22.4. The van der Waals surface area contributed by atoms with Gasteiger partial charge in [-0.2, -0.15) is 0 Å². The van der Waals surface area contributed by atoms with E-state index in [0.29, 0.717) is 24.2 Å². The molecule has 4 unspecified atom stereocenters. The van der Waals surface area contributed by atoms with Crippen molar-refractivity contribution in [1.82, 2.24) is 0 Å². The third-order valence-corrected chi connectivity index (χ3v) is 10.0. The van der Waals surface area contributed by atoms with Gasteiger partial charge in [0.2, 0.25) is 0 Å². The number of ether oxygens (including phenoxy) is 3. The van der Waals surface area contributed by atoms with Crippen LogP contribution in [0.2, 0.25) is 0 Å². The van der Waals surface area contributed by atoms with E-state index in [1.54, 1.807) is 0 Å². The van der Waals surface area contributed by atoms with Crippen LogP contribution in [0.1, 0.15) is 72.6 Å². The van der Waals surface area contributed by atoms with E-state index in [1.165, 1.54) is 18.9 Å². The average Bonchev–Trinajstić information content (AvgIpc) is 3.39. The molecule has 0 radical (unpaired) electrons. The van der Waals surface area contributed by atoms with E-state index in [2.05, 4.69) is 26.5 Å². The number of allylic oxidation sites excluding steroid dienone is 1. The fraction of sp³-hybridized carbons (Fsp3) is 0.769. The Hall–Kier alpha value is -1.62. The zero-order valence-electron chi connectivity index (χ0n) is 19.3. The first kappa shape index (κ1) is 21.2. The van der Waals surface area contributed by atoms with Crippen molar-refractivity contribution in [2.75, 3.05) is 0 Å². The van der Waals surface area contributed by atoms with Gasteiger partial charge in [-0.15, -0.1) is 0 Å². The van der Waals surface area contributed by atoms with Crippen LogP contribution in [0.25, 0.3) is 0 Å². The van der Waals surface area contributed by atoms with Crippen LogP contribution in [0.15, 0.2) is 23.8 Å². The van der Waals surface area contributed by atoms with Gasteiger partial charge in [0.05, 0.1) is 6.10 Å². The summed E-state index contributed by atoms with van der Waals surface area (Å²) >= 11 is 0. The minimum atomic E-state index is -0.330. The minimum Gasteiger partial charge on any atom is -0.462 e. The topological polar surface area (TPSA) is 65.1 Å². The van der Waals surface area contributed by atoms with Gasteiger partial charge in [-0.1, -0.05) is 32.1 Å². The molecule has 31 heavy (non-hydrogen) atoms. The van der Waals surface area contributed by atoms with Gasteiger partial charge < -0.3 is 14.2 Å². The standard InChI is InChI=1S/C26H36O5/c1-15(16(2)29-14-27)26-23(31-26)13-22-20-7-6-18-12-19(30-17(3)28)8-10-24(18,4)21(20)9-11-25(22,26)5/h6,14,16,19-23H,1,7-13H2,2-5H3/t16?,19-,20?,21?,22?,23+,24-,25-,26+/m0/s1. The lowest BCUT2D eigenvalue weighted by Crippen LogP contribution is -2.53. The fourth-order valence-electron chi connectivity index (χ4n) is 8.43. The van der Waals surface area contributed by atoms with Crippen molar-refractivity contribution in [2.45, 2.75) is 96.6 Å². The number of epoxide rings is 1. The highest BCUT2D eigenvalue weighted by Gasteiger charge is 2.78. The molecule has 3 saturated carbocycles. The molecule has 0 aromatic carbocycles. The third kappa shape index (κ3) is 2.77. The lowest BCUT2D eigenvalue weighted by Gasteiger charge is -2.58. The lowest BCUT2D eigenvalue weighted by atomic mass is 9.46. The summed E-state index contributed by atoms with van der Waals surface area (Å²) in [6.07, 6.45) is 9.89. The van der Waals surface area contributed by atoms with Crippen LogP contribution in [0.5, 0.6) is 0 Å². The Labute approximate surface area is 185 Å². The number of hydrogen-bond donors (Lipinski definition) is 0. The molecule has 4 fully saturated rings. The van der Waals surface area contributed by atoms with Crippen LogP contribution >= 0.6 is 0 Å². The van der Waals surface area contributed by atoms with E-state index in [0.717, 1.165) is 44.1 Å². The van der Waals surface area contributed by atoms with Gasteiger partial charge in [0.15, 0.2) is 0 Å². The summed E-state index contributed by atoms with van der Waals surface area (Å²) in [7, 11) is 0. The summed E-state index contributed by atoms with van der Waals surface area (Å²) < 4.78 is 17.2. The van der Waals surface area contributed by atoms with Crippen molar-refractivity contribution in [3.05, 3.63) is 23.8 Å². The van der Waals surface area contributed by atoms with E-state index >= 15 is 0 Å². The molecule has 170 valence electrons. The number of hydrogen-bond acceptors (Lipinski definition) is 5. The van der Waals surface area contributed by atoms with Crippen molar-refractivity contribution in [3.8, 4) is 0 Å². The average molecular weight is 429 g/mol. The molecule has 0 N–H and O–H groups in total. The second kappa shape index (κ2) is 6.94. The molecular weight excluding hydrogens is 392 g/mol. The highest BCUT2D eigenvalue weighted by Crippen LogP contribution is 2.75. The van der Waals surface area contributed by atoms with E-state index in [4.69, 9.17) is 14.2 Å². The highest BCUT2D eigenvalue weighted by molar-refractivity contribution is 5.66. The molecule has 1 heterocycles. The Balaban J connectivity index is 1.40. The monoisotopic (exact) mass is 428 g/mol. The maximum absolute atomic E-state index is 11.5. The number of fused-ring (bicyclic) bond motifs is 7. The molecule has 0 amide bonds. The summed E-state index contributed by atoms with van der Waals surface area (Å²) in [5.41, 5.74) is 2.39. The van der Waals surface area contributed by atoms with Crippen LogP contribution in [0, 0.1) is 28.6 Å². The molecule has 5 heteroatoms. The Morgan fingerprint density at radius 3 is 2.77 bits per heavy atom.